The van der Waals surface area contributed by atoms with Crippen molar-refractivity contribution < 1.29 is 87.3 Å². The van der Waals surface area contributed by atoms with Crippen LogP contribution in [0.5, 0.6) is 0 Å². The van der Waals surface area contributed by atoms with Crippen LogP contribution in [0.3, 0.4) is 0 Å². The van der Waals surface area contributed by atoms with E-state index in [-0.39, 0.29) is 54.7 Å². The minimum absolute atomic E-state index is 0.0388. The Kier molecular flexibility index (Phi) is 44.2. The number of pyridine rings is 9. The average molecular weight is 1910 g/mol. The van der Waals surface area contributed by atoms with Crippen molar-refractivity contribution in [2.75, 3.05) is 229 Å². The number of carbonyl (C=O) groups is 9. The molecule has 0 amide bonds. The molecular weight excluding hydrogens is 1790 g/mol. The van der Waals surface area contributed by atoms with Crippen LogP contribution in [0.4, 0.5) is 45.5 Å². The number of rotatable bonds is 22. The molecular formula is C94H120BrN21O18. The Hall–Kier alpha value is -13.7. The Labute approximate surface area is 787 Å². The van der Waals surface area contributed by atoms with Gasteiger partial charge in [0.15, 0.2) is 0 Å². The van der Waals surface area contributed by atoms with Crippen molar-refractivity contribution in [2.45, 2.75) is 73.1 Å². The van der Waals surface area contributed by atoms with Crippen molar-refractivity contribution in [3.8, 4) is 0 Å². The third kappa shape index (κ3) is 34.5. The van der Waals surface area contributed by atoms with Crippen molar-refractivity contribution in [1.29, 1.82) is 0 Å². The summed E-state index contributed by atoms with van der Waals surface area (Å²) >= 11 is 3.21. The lowest BCUT2D eigenvalue weighted by atomic mass is 10.2. The van der Waals surface area contributed by atoms with E-state index in [1.165, 1.54) is 68.6 Å². The third-order valence-corrected chi connectivity index (χ3v) is 21.7. The SMILES string of the molecule is C1CNCCNCCCNCCNC1.CCOC(=O)c1cncc(Br)c1.CCOC(=O)c1cncc(N2CCCN(c3cncc(C(=O)OCC)c3)CCN(c3cncc(C(=O)OCC)c3)CCCN(c3cncc(C(=O)OCC)c3)CC2)c1.O=C(O)c1cncc(N2CCCN(c3cncc(C(=O)O)c3)CCN(c3cncc(C(=O)O)c3)CCCN(c3cncc(C(=O)O)c3)CC2)c1. The minimum atomic E-state index is -1.11. The molecule has 0 aliphatic carbocycles. The highest BCUT2D eigenvalue weighted by Crippen LogP contribution is 2.28. The Bertz CT molecular complexity index is 4670. The lowest BCUT2D eigenvalue weighted by Crippen LogP contribution is -2.41. The molecule has 0 bridgehead atoms. The molecule has 9 aromatic heterocycles. The van der Waals surface area contributed by atoms with Crippen molar-refractivity contribution >= 4 is 115 Å². The molecule has 3 saturated heterocycles. The van der Waals surface area contributed by atoms with E-state index < -0.39 is 47.8 Å². The summed E-state index contributed by atoms with van der Waals surface area (Å²) in [6.45, 7) is 27.1. The first-order valence-corrected chi connectivity index (χ1v) is 45.7. The quantitative estimate of drug-likeness (QED) is 0.0231. The van der Waals surface area contributed by atoms with E-state index in [1.807, 2.05) is 19.6 Å². The molecule has 3 aliphatic rings. The van der Waals surface area contributed by atoms with Crippen LogP contribution in [0.1, 0.15) is 166 Å². The lowest BCUT2D eigenvalue weighted by Gasteiger charge is -2.34. The van der Waals surface area contributed by atoms with E-state index >= 15 is 0 Å². The normalized spacial score (nSPS) is 15.1. The number of ether oxygens (including phenoxy) is 5. The highest BCUT2D eigenvalue weighted by Gasteiger charge is 2.26. The maximum absolute atomic E-state index is 12.7. The Balaban J connectivity index is 0.000000238. The molecule has 134 heavy (non-hydrogen) atoms. The topological polar surface area (TPSA) is 471 Å². The predicted molar refractivity (Wildman–Crippen MR) is 510 cm³/mol. The van der Waals surface area contributed by atoms with Crippen LogP contribution < -0.4 is 60.5 Å². The van der Waals surface area contributed by atoms with Crippen molar-refractivity contribution in [3.63, 3.8) is 0 Å². The smallest absolute Gasteiger partial charge is 0.339 e. The first kappa shape index (κ1) is 104. The lowest BCUT2D eigenvalue weighted by molar-refractivity contribution is 0.0516. The zero-order valence-electron chi connectivity index (χ0n) is 76.3. The third-order valence-electron chi connectivity index (χ3n) is 21.3. The number of esters is 5. The zero-order chi connectivity index (χ0) is 95.8. The molecule has 0 radical (unpaired) electrons. The van der Waals surface area contributed by atoms with Gasteiger partial charge in [-0.25, -0.2) is 43.2 Å². The molecule has 0 unspecified atom stereocenters. The number of anilines is 8. The van der Waals surface area contributed by atoms with Gasteiger partial charge < -0.3 is 105 Å². The standard InChI is InChI=1S/C42H52N8O8.C34H36N8O8.C10H24N4.C8H8BrNO2/c1-5-55-39(51)31-19-35(27-43-23-31)47-11-9-12-49(37-21-33(25-45-29-37)41(53)57-7-3)17-18-50(38-22-34(26-46-30-38)42(54)58-8-4)14-10-13-48(16-15-47)36-20-32(24-44-28-36)40(52)56-6-2;43-31(44)23-11-27(19-35-15-23)39-3-1-4-40(28-12-24(32(45)46)16-36-20-28)8-10-42(30-14-26(34(49)50)18-38-22-30)6-2-5-41(9-7-39)29-13-25(33(47)48)17-37-21-29;1-3-11-7-9-13-5-2-6-14-10-8-12-4-1;1-2-12-8(11)6-3-7(9)5-10-4-6/h19-30H,5-18H2,1-4H3;11-22H,1-10H2,(H,43,44)(H,45,46)(H,47,48)(H,49,50);11-14H,1-10H2;3-5H,2H2,1H3. The molecule has 0 saturated carbocycles. The molecule has 0 spiro atoms. The van der Waals surface area contributed by atoms with Gasteiger partial charge in [0, 0.05) is 197 Å². The second-order valence-electron chi connectivity index (χ2n) is 30.7. The molecule has 39 nitrogen and oxygen atoms in total. The average Bonchev–Trinajstić information content (AvgIpc) is 0.836. The number of hydrogen-bond acceptors (Lipinski definition) is 35. The summed E-state index contributed by atoms with van der Waals surface area (Å²) in [5, 5.41) is 52.2. The first-order chi connectivity index (χ1) is 65.1. The Morgan fingerprint density at radius 1 is 0.239 bits per heavy atom. The first-order valence-electron chi connectivity index (χ1n) is 44.9. The van der Waals surface area contributed by atoms with E-state index in [0.717, 1.165) is 79.6 Å². The molecule has 40 heteroatoms. The fourth-order valence-electron chi connectivity index (χ4n) is 14.6. The second kappa shape index (κ2) is 56.9. The van der Waals surface area contributed by atoms with E-state index in [2.05, 4.69) is 102 Å². The molecule has 3 fully saturated rings. The fourth-order valence-corrected chi connectivity index (χ4v) is 14.9. The van der Waals surface area contributed by atoms with Crippen LogP contribution in [-0.4, -0.2) is 309 Å². The number of carboxylic acid groups (broad SMARTS) is 4. The second-order valence-corrected chi connectivity index (χ2v) is 31.6. The molecule has 3 aliphatic heterocycles. The number of nitrogens with zero attached hydrogens (tertiary/aromatic N) is 17. The molecule has 9 aromatic rings. The van der Waals surface area contributed by atoms with Crippen molar-refractivity contribution in [1.82, 2.24) is 66.1 Å². The van der Waals surface area contributed by atoms with Gasteiger partial charge in [0.2, 0.25) is 0 Å². The van der Waals surface area contributed by atoms with Gasteiger partial charge >= 0.3 is 53.7 Å². The summed E-state index contributed by atoms with van der Waals surface area (Å²) in [4.78, 5) is 164. The summed E-state index contributed by atoms with van der Waals surface area (Å²) < 4.78 is 26.7. The van der Waals surface area contributed by atoms with E-state index in [0.29, 0.717) is 188 Å². The minimum Gasteiger partial charge on any atom is -0.478 e. The molecule has 716 valence electrons. The van der Waals surface area contributed by atoms with Gasteiger partial charge in [0.25, 0.3) is 0 Å². The van der Waals surface area contributed by atoms with Gasteiger partial charge in [-0.05, 0) is 170 Å². The number of carboxylic acids is 4. The van der Waals surface area contributed by atoms with E-state index in [1.54, 1.807) is 145 Å². The summed E-state index contributed by atoms with van der Waals surface area (Å²) in [5.74, 6) is -6.56. The summed E-state index contributed by atoms with van der Waals surface area (Å²) in [6, 6.07) is 15.1. The summed E-state index contributed by atoms with van der Waals surface area (Å²) in [7, 11) is 0. The predicted octanol–water partition coefficient (Wildman–Crippen LogP) is 9.43. The van der Waals surface area contributed by atoms with Gasteiger partial charge in [-0.2, -0.15) is 0 Å². The molecule has 0 aromatic carbocycles. The Morgan fingerprint density at radius 3 is 0.575 bits per heavy atom. The highest BCUT2D eigenvalue weighted by molar-refractivity contribution is 9.10. The van der Waals surface area contributed by atoms with Crippen molar-refractivity contribution in [2.24, 2.45) is 0 Å². The molecule has 8 N–H and O–H groups in total. The number of aromatic nitrogens is 9. The van der Waals surface area contributed by atoms with E-state index in [4.69, 9.17) is 23.7 Å². The fraction of sp³-hybridized carbons (Fsp3) is 0.426. The van der Waals surface area contributed by atoms with Crippen LogP contribution in [0.15, 0.2) is 171 Å². The largest absolute Gasteiger partial charge is 0.478 e. The van der Waals surface area contributed by atoms with Crippen LogP contribution in [0.25, 0.3) is 0 Å². The van der Waals surface area contributed by atoms with Crippen LogP contribution in [-0.2, 0) is 23.7 Å². The van der Waals surface area contributed by atoms with Gasteiger partial charge in [-0.1, -0.05) is 0 Å². The zero-order valence-corrected chi connectivity index (χ0v) is 77.9. The summed E-state index contributed by atoms with van der Waals surface area (Å²) in [6.07, 6.45) is 32.5. The van der Waals surface area contributed by atoms with Crippen LogP contribution >= 0.6 is 15.9 Å². The van der Waals surface area contributed by atoms with E-state index in [9.17, 15) is 63.6 Å². The highest BCUT2D eigenvalue weighted by atomic mass is 79.9. The number of carbonyl (C=O) groups excluding carboxylic acids is 5. The monoisotopic (exact) mass is 1910 g/mol. The van der Waals surface area contributed by atoms with Crippen LogP contribution in [0, 0.1) is 0 Å². The number of halogens is 1. The maximum Gasteiger partial charge on any atom is 0.339 e. The van der Waals surface area contributed by atoms with Gasteiger partial charge in [0.05, 0.1) is 178 Å². The molecule has 12 heterocycles. The van der Waals surface area contributed by atoms with Crippen LogP contribution in [0.2, 0.25) is 0 Å². The van der Waals surface area contributed by atoms with Crippen molar-refractivity contribution in [3.05, 3.63) is 221 Å². The van der Waals surface area contributed by atoms with Gasteiger partial charge in [0.1, 0.15) is 0 Å². The number of nitrogens with one attached hydrogen (secondary N) is 4. The van der Waals surface area contributed by atoms with Gasteiger partial charge in [-0.3, -0.25) is 44.9 Å². The van der Waals surface area contributed by atoms with Gasteiger partial charge in [-0.15, -0.1) is 0 Å². The molecule has 0 atom stereocenters. The number of hydrogen-bond donors (Lipinski definition) is 8. The molecule has 12 rings (SSSR count). The maximum atomic E-state index is 12.7. The Morgan fingerprint density at radius 2 is 0.403 bits per heavy atom. The summed E-state index contributed by atoms with van der Waals surface area (Å²) in [5.41, 5.74) is 7.48. The number of aromatic carboxylic acids is 4.